The van der Waals surface area contributed by atoms with Gasteiger partial charge >= 0.3 is 0 Å². The van der Waals surface area contributed by atoms with Crippen LogP contribution in [0.4, 0.5) is 4.39 Å². The molecular weight excluding hydrogens is 446 g/mol. The summed E-state index contributed by atoms with van der Waals surface area (Å²) in [4.78, 5) is 12.4. The summed E-state index contributed by atoms with van der Waals surface area (Å²) >= 11 is 13.9. The van der Waals surface area contributed by atoms with Gasteiger partial charge in [0.25, 0.3) is 5.91 Å². The number of thiophene rings is 1. The number of rotatable bonds is 6. The largest absolute Gasteiger partial charge is 0.365 e. The molecule has 10 heteroatoms. The van der Waals surface area contributed by atoms with Crippen molar-refractivity contribution in [2.45, 2.75) is 12.3 Å². The van der Waals surface area contributed by atoms with Gasteiger partial charge in [-0.15, -0.1) is 23.7 Å². The Morgan fingerprint density at radius 1 is 1.39 bits per heavy atom. The Morgan fingerprint density at radius 3 is 2.64 bits per heavy atom. The van der Waals surface area contributed by atoms with Crippen LogP contribution in [0.5, 0.6) is 0 Å². The molecule has 1 atom stereocenters. The molecule has 2 heterocycles. The first-order valence-electron chi connectivity index (χ1n) is 8.07. The lowest BCUT2D eigenvalue weighted by atomic mass is 9.88. The lowest BCUT2D eigenvalue weighted by molar-refractivity contribution is 0.100. The predicted octanol–water partition coefficient (Wildman–Crippen LogP) is 4.40. The van der Waals surface area contributed by atoms with E-state index in [1.807, 2.05) is 0 Å². The molecular formula is C18H18Cl3FN4OS. The quantitative estimate of drug-likeness (QED) is 0.568. The summed E-state index contributed by atoms with van der Waals surface area (Å²) in [5.41, 5.74) is 14.2. The Bertz CT molecular complexity index is 985. The fraction of sp³-hybridized carbons (Fsp3) is 0.222. The summed E-state index contributed by atoms with van der Waals surface area (Å²) in [6.45, 7) is 0.215. The fourth-order valence-corrected chi connectivity index (χ4v) is 4.80. The Balaban J connectivity index is 0.00000280. The molecule has 0 aliphatic rings. The predicted molar refractivity (Wildman–Crippen MR) is 114 cm³/mol. The summed E-state index contributed by atoms with van der Waals surface area (Å²) in [6.07, 6.45) is 1.92. The summed E-state index contributed by atoms with van der Waals surface area (Å²) in [5.74, 6) is -1.24. The normalized spacial score (nSPS) is 11.9. The number of hydrogen-bond donors (Lipinski definition) is 2. The number of primary amides is 1. The maximum Gasteiger partial charge on any atom is 0.259 e. The number of aryl methyl sites for hydroxylation is 1. The van der Waals surface area contributed by atoms with E-state index in [4.69, 9.17) is 34.7 Å². The van der Waals surface area contributed by atoms with Crippen molar-refractivity contribution in [1.82, 2.24) is 9.78 Å². The maximum atomic E-state index is 13.6. The average molecular weight is 464 g/mol. The van der Waals surface area contributed by atoms with Crippen molar-refractivity contribution in [2.75, 3.05) is 6.54 Å². The molecule has 3 rings (SSSR count). The van der Waals surface area contributed by atoms with E-state index in [2.05, 4.69) is 5.10 Å². The Kier molecular flexibility index (Phi) is 7.47. The second-order valence-corrected chi connectivity index (χ2v) is 8.12. The van der Waals surface area contributed by atoms with Crippen molar-refractivity contribution >= 4 is 52.9 Å². The third-order valence-corrected chi connectivity index (χ3v) is 6.03. The lowest BCUT2D eigenvalue weighted by Crippen LogP contribution is -2.20. The number of carbonyl (C=O) groups excluding carboxylic acids is 1. The molecule has 0 unspecified atom stereocenters. The zero-order valence-electron chi connectivity index (χ0n) is 14.8. The van der Waals surface area contributed by atoms with Crippen LogP contribution >= 0.6 is 46.9 Å². The monoisotopic (exact) mass is 462 g/mol. The van der Waals surface area contributed by atoms with Gasteiger partial charge < -0.3 is 11.5 Å². The van der Waals surface area contributed by atoms with Gasteiger partial charge in [0.15, 0.2) is 0 Å². The number of nitrogens with two attached hydrogens (primary N) is 2. The zero-order valence-corrected chi connectivity index (χ0v) is 17.9. The van der Waals surface area contributed by atoms with E-state index in [1.54, 1.807) is 23.9 Å². The van der Waals surface area contributed by atoms with E-state index in [1.165, 1.54) is 18.3 Å². The molecule has 0 fully saturated rings. The van der Waals surface area contributed by atoms with Gasteiger partial charge in [0.05, 0.1) is 21.8 Å². The van der Waals surface area contributed by atoms with E-state index in [0.29, 0.717) is 37.5 Å². The number of hydrogen-bond acceptors (Lipinski definition) is 4. The van der Waals surface area contributed by atoms with Crippen molar-refractivity contribution in [3.63, 3.8) is 0 Å². The highest BCUT2D eigenvalue weighted by Crippen LogP contribution is 2.46. The lowest BCUT2D eigenvalue weighted by Gasteiger charge is -2.18. The molecule has 0 bridgehead atoms. The zero-order chi connectivity index (χ0) is 19.7. The van der Waals surface area contributed by atoms with Crippen molar-refractivity contribution in [2.24, 2.45) is 18.5 Å². The molecule has 2 aromatic heterocycles. The molecule has 0 saturated heterocycles. The third kappa shape index (κ3) is 4.34. The molecule has 28 heavy (non-hydrogen) atoms. The highest BCUT2D eigenvalue weighted by molar-refractivity contribution is 7.18. The molecule has 0 saturated carbocycles. The summed E-state index contributed by atoms with van der Waals surface area (Å²) < 4.78 is 15.6. The molecule has 3 aromatic rings. The molecule has 0 aliphatic heterocycles. The van der Waals surface area contributed by atoms with Crippen LogP contribution in [-0.4, -0.2) is 22.2 Å². The van der Waals surface area contributed by atoms with Gasteiger partial charge in [0, 0.05) is 18.5 Å². The van der Waals surface area contributed by atoms with Gasteiger partial charge in [-0.05, 0) is 36.2 Å². The molecule has 0 radical (unpaired) electrons. The van der Waals surface area contributed by atoms with Crippen molar-refractivity contribution < 1.29 is 9.18 Å². The van der Waals surface area contributed by atoms with E-state index in [-0.39, 0.29) is 30.7 Å². The highest BCUT2D eigenvalue weighted by atomic mass is 35.5. The molecule has 150 valence electrons. The van der Waals surface area contributed by atoms with Crippen LogP contribution in [-0.2, 0) is 13.5 Å². The standard InChI is InChI=1S/C18H17Cl2FN4OS.ClH/c1-25-15(12(19)8-24-25)14-13(16(18(23)26)27-17(14)20)10(7-22)5-9-3-2-4-11(21)6-9;/h2-4,6,8,10H,5,7,22H2,1H3,(H2,23,26);1H/t10-;/m1./s1. The van der Waals surface area contributed by atoms with E-state index in [9.17, 15) is 9.18 Å². The van der Waals surface area contributed by atoms with Crippen LogP contribution in [0.15, 0.2) is 30.5 Å². The first-order chi connectivity index (χ1) is 12.8. The van der Waals surface area contributed by atoms with Gasteiger partial charge in [-0.2, -0.15) is 5.10 Å². The fourth-order valence-electron chi connectivity index (χ4n) is 3.15. The van der Waals surface area contributed by atoms with Gasteiger partial charge in [0.1, 0.15) is 10.2 Å². The summed E-state index contributed by atoms with van der Waals surface area (Å²) in [6, 6.07) is 6.25. The first kappa shape index (κ1) is 22.6. The van der Waals surface area contributed by atoms with E-state index >= 15 is 0 Å². The van der Waals surface area contributed by atoms with Crippen LogP contribution in [0.2, 0.25) is 9.36 Å². The summed E-state index contributed by atoms with van der Waals surface area (Å²) in [7, 11) is 1.73. The Morgan fingerprint density at radius 2 is 2.11 bits per heavy atom. The van der Waals surface area contributed by atoms with Crippen LogP contribution < -0.4 is 11.5 Å². The minimum absolute atomic E-state index is 0. The van der Waals surface area contributed by atoms with Gasteiger partial charge in [-0.3, -0.25) is 9.48 Å². The van der Waals surface area contributed by atoms with Gasteiger partial charge in [-0.25, -0.2) is 4.39 Å². The number of benzene rings is 1. The molecule has 0 aliphatic carbocycles. The van der Waals surface area contributed by atoms with Gasteiger partial charge in [-0.1, -0.05) is 35.3 Å². The number of halogens is 4. The number of aromatic nitrogens is 2. The molecule has 5 nitrogen and oxygen atoms in total. The summed E-state index contributed by atoms with van der Waals surface area (Å²) in [5, 5.41) is 4.54. The van der Waals surface area contributed by atoms with Crippen LogP contribution in [0, 0.1) is 5.82 Å². The van der Waals surface area contributed by atoms with Crippen molar-refractivity contribution in [3.8, 4) is 11.3 Å². The Labute approximate surface area is 181 Å². The smallest absolute Gasteiger partial charge is 0.259 e. The Hall–Kier alpha value is -1.64. The van der Waals surface area contributed by atoms with Crippen LogP contribution in [0.25, 0.3) is 11.3 Å². The first-order valence-corrected chi connectivity index (χ1v) is 9.65. The van der Waals surface area contributed by atoms with Gasteiger partial charge in [0.2, 0.25) is 0 Å². The highest BCUT2D eigenvalue weighted by Gasteiger charge is 2.30. The maximum absolute atomic E-state index is 13.6. The molecule has 1 amide bonds. The number of nitrogens with zero attached hydrogens (tertiary/aromatic N) is 2. The van der Waals surface area contributed by atoms with E-state index in [0.717, 1.165) is 16.9 Å². The van der Waals surface area contributed by atoms with E-state index < -0.39 is 5.91 Å². The third-order valence-electron chi connectivity index (χ3n) is 4.32. The molecule has 0 spiro atoms. The number of carbonyl (C=O) groups is 1. The SMILES string of the molecule is Cl.Cn1ncc(Cl)c1-c1c(Cl)sc(C(N)=O)c1[C@@H](CN)Cc1cccc(F)c1. The molecule has 4 N–H and O–H groups in total. The number of amides is 1. The topological polar surface area (TPSA) is 86.9 Å². The second kappa shape index (κ2) is 9.24. The van der Waals surface area contributed by atoms with Crippen LogP contribution in [0.3, 0.4) is 0 Å². The van der Waals surface area contributed by atoms with Crippen molar-refractivity contribution in [1.29, 1.82) is 0 Å². The van der Waals surface area contributed by atoms with Crippen molar-refractivity contribution in [3.05, 3.63) is 61.6 Å². The average Bonchev–Trinajstić information content (AvgIpc) is 3.12. The molecule has 1 aromatic carbocycles. The minimum Gasteiger partial charge on any atom is -0.365 e. The van der Waals surface area contributed by atoms with Crippen LogP contribution in [0.1, 0.15) is 26.7 Å². The minimum atomic E-state index is -0.598. The second-order valence-electron chi connectivity index (χ2n) is 6.09.